The molecule has 0 aliphatic carbocycles. The zero-order chi connectivity index (χ0) is 14.7. The van der Waals surface area contributed by atoms with E-state index in [1.807, 2.05) is 17.5 Å². The van der Waals surface area contributed by atoms with Crippen LogP contribution in [0.25, 0.3) is 0 Å². The molecule has 1 atom stereocenters. The van der Waals surface area contributed by atoms with Gasteiger partial charge in [0, 0.05) is 29.6 Å². The summed E-state index contributed by atoms with van der Waals surface area (Å²) in [6.45, 7) is 8.04. The van der Waals surface area contributed by atoms with Crippen molar-refractivity contribution in [3.8, 4) is 0 Å². The van der Waals surface area contributed by atoms with Gasteiger partial charge in [0.25, 0.3) is 0 Å². The zero-order valence-corrected chi connectivity index (χ0v) is 13.8. The molecule has 0 aromatic carbocycles. The van der Waals surface area contributed by atoms with Crippen molar-refractivity contribution < 1.29 is 0 Å². The molecule has 2 aromatic heterocycles. The van der Waals surface area contributed by atoms with E-state index in [9.17, 15) is 0 Å². The fourth-order valence-electron chi connectivity index (χ4n) is 3.33. The molecule has 1 N–H and O–H groups in total. The number of likely N-dealkylation sites (tertiary alicyclic amines) is 1. The Morgan fingerprint density at radius 1 is 1.48 bits per heavy atom. The maximum Gasteiger partial charge on any atom is 0.0522 e. The van der Waals surface area contributed by atoms with Crippen LogP contribution in [0.15, 0.2) is 23.7 Å². The first-order chi connectivity index (χ1) is 10.2. The lowest BCUT2D eigenvalue weighted by Crippen LogP contribution is -2.34. The topological polar surface area (TPSA) is 31.9 Å². The Hall–Kier alpha value is -1.13. The molecule has 4 heteroatoms. The number of nitrogens with one attached hydrogen (secondary N) is 1. The van der Waals surface area contributed by atoms with Crippen molar-refractivity contribution in [2.75, 3.05) is 13.1 Å². The van der Waals surface area contributed by atoms with Crippen molar-refractivity contribution >= 4 is 11.3 Å². The van der Waals surface area contributed by atoms with Crippen molar-refractivity contribution in [2.45, 2.75) is 45.6 Å². The van der Waals surface area contributed by atoms with Crippen LogP contribution in [0.2, 0.25) is 0 Å². The molecule has 1 aliphatic rings. The Bertz CT molecular complexity index is 544. The van der Waals surface area contributed by atoms with E-state index in [4.69, 9.17) is 0 Å². The van der Waals surface area contributed by atoms with Crippen molar-refractivity contribution in [1.82, 2.24) is 15.1 Å². The smallest absolute Gasteiger partial charge is 0.0522 e. The van der Waals surface area contributed by atoms with Gasteiger partial charge in [0.1, 0.15) is 0 Å². The van der Waals surface area contributed by atoms with Gasteiger partial charge in [-0.3, -0.25) is 10.00 Å². The standard InChI is InChI=1S/C17H25N3S/c1-13(2)9-15-10-18-19-17(15)14-5-3-7-20(11-14)12-16-6-4-8-21-16/h4,6,8,10,13-14H,3,5,7,9,11-12H2,1-2H3,(H,18,19)/t14-/m0/s1. The fraction of sp³-hybridized carbons (Fsp3) is 0.588. The number of nitrogens with zero attached hydrogens (tertiary/aromatic N) is 2. The lowest BCUT2D eigenvalue weighted by Gasteiger charge is -2.32. The summed E-state index contributed by atoms with van der Waals surface area (Å²) in [4.78, 5) is 4.07. The SMILES string of the molecule is CC(C)Cc1cn[nH]c1[C@H]1CCCN(Cc2cccs2)C1. The van der Waals surface area contributed by atoms with Crippen LogP contribution in [0.1, 0.15) is 48.7 Å². The van der Waals surface area contributed by atoms with E-state index in [2.05, 4.69) is 46.5 Å². The average Bonchev–Trinajstić information content (AvgIpc) is 3.10. The quantitative estimate of drug-likeness (QED) is 0.903. The number of hydrogen-bond acceptors (Lipinski definition) is 3. The summed E-state index contributed by atoms with van der Waals surface area (Å²) >= 11 is 1.87. The number of H-pyrrole nitrogens is 1. The van der Waals surface area contributed by atoms with Crippen LogP contribution in [0.3, 0.4) is 0 Å². The lowest BCUT2D eigenvalue weighted by atomic mass is 9.90. The van der Waals surface area contributed by atoms with Crippen LogP contribution in [0, 0.1) is 5.92 Å². The van der Waals surface area contributed by atoms with Crippen LogP contribution >= 0.6 is 11.3 Å². The Labute approximate surface area is 131 Å². The second kappa shape index (κ2) is 6.75. The van der Waals surface area contributed by atoms with Crippen LogP contribution in [0.5, 0.6) is 0 Å². The normalized spacial score (nSPS) is 20.2. The monoisotopic (exact) mass is 303 g/mol. The number of piperidine rings is 1. The van der Waals surface area contributed by atoms with Gasteiger partial charge < -0.3 is 0 Å². The summed E-state index contributed by atoms with van der Waals surface area (Å²) < 4.78 is 0. The van der Waals surface area contributed by atoms with E-state index in [1.54, 1.807) is 0 Å². The number of rotatable bonds is 5. The maximum absolute atomic E-state index is 4.31. The summed E-state index contributed by atoms with van der Waals surface area (Å²) in [6, 6.07) is 4.39. The van der Waals surface area contributed by atoms with Gasteiger partial charge in [-0.05, 0) is 48.7 Å². The Balaban J connectivity index is 1.67. The van der Waals surface area contributed by atoms with Gasteiger partial charge in [-0.1, -0.05) is 19.9 Å². The molecule has 21 heavy (non-hydrogen) atoms. The van der Waals surface area contributed by atoms with Crippen LogP contribution in [-0.4, -0.2) is 28.2 Å². The molecule has 0 amide bonds. The number of aromatic nitrogens is 2. The van der Waals surface area contributed by atoms with Crippen molar-refractivity contribution in [3.05, 3.63) is 39.8 Å². The molecule has 0 spiro atoms. The third-order valence-corrected chi connectivity index (χ3v) is 5.11. The van der Waals surface area contributed by atoms with Crippen LogP contribution < -0.4 is 0 Å². The van der Waals surface area contributed by atoms with E-state index in [0.29, 0.717) is 11.8 Å². The first kappa shape index (κ1) is 14.8. The lowest BCUT2D eigenvalue weighted by molar-refractivity contribution is 0.199. The van der Waals surface area contributed by atoms with E-state index in [-0.39, 0.29) is 0 Å². The molecule has 3 nitrogen and oxygen atoms in total. The van der Waals surface area contributed by atoms with Crippen molar-refractivity contribution in [1.29, 1.82) is 0 Å². The highest BCUT2D eigenvalue weighted by Crippen LogP contribution is 2.30. The predicted octanol–water partition coefficient (Wildman–Crippen LogP) is 4.05. The molecule has 1 saturated heterocycles. The molecular weight excluding hydrogens is 278 g/mol. The molecule has 3 rings (SSSR count). The van der Waals surface area contributed by atoms with Gasteiger partial charge >= 0.3 is 0 Å². The van der Waals surface area contributed by atoms with Gasteiger partial charge in [-0.15, -0.1) is 11.3 Å². The first-order valence-corrected chi connectivity index (χ1v) is 8.87. The molecule has 3 heterocycles. The average molecular weight is 303 g/mol. The highest BCUT2D eigenvalue weighted by Gasteiger charge is 2.24. The van der Waals surface area contributed by atoms with Crippen molar-refractivity contribution in [2.24, 2.45) is 5.92 Å². The summed E-state index contributed by atoms with van der Waals surface area (Å²) in [7, 11) is 0. The molecule has 114 valence electrons. The molecular formula is C17H25N3S. The number of hydrogen-bond donors (Lipinski definition) is 1. The maximum atomic E-state index is 4.31. The molecule has 1 fully saturated rings. The Morgan fingerprint density at radius 3 is 3.14 bits per heavy atom. The van der Waals surface area contributed by atoms with Crippen LogP contribution in [-0.2, 0) is 13.0 Å². The second-order valence-corrected chi connectivity index (χ2v) is 7.59. The van der Waals surface area contributed by atoms with Gasteiger partial charge in [0.05, 0.1) is 6.20 Å². The number of aromatic amines is 1. The summed E-state index contributed by atoms with van der Waals surface area (Å²) in [5.41, 5.74) is 2.81. The van der Waals surface area contributed by atoms with E-state index in [0.717, 1.165) is 19.5 Å². The third kappa shape index (κ3) is 3.74. The zero-order valence-electron chi connectivity index (χ0n) is 13.0. The van der Waals surface area contributed by atoms with Crippen molar-refractivity contribution in [3.63, 3.8) is 0 Å². The van der Waals surface area contributed by atoms with Gasteiger partial charge in [-0.2, -0.15) is 5.10 Å². The largest absolute Gasteiger partial charge is 0.298 e. The first-order valence-electron chi connectivity index (χ1n) is 7.99. The minimum Gasteiger partial charge on any atom is -0.298 e. The summed E-state index contributed by atoms with van der Waals surface area (Å²) in [5, 5.41) is 9.77. The molecule has 1 aliphatic heterocycles. The highest BCUT2D eigenvalue weighted by atomic mass is 32.1. The van der Waals surface area contributed by atoms with E-state index >= 15 is 0 Å². The van der Waals surface area contributed by atoms with Crippen LogP contribution in [0.4, 0.5) is 0 Å². The summed E-state index contributed by atoms with van der Waals surface area (Å²) in [5.74, 6) is 1.31. The number of thiophene rings is 1. The summed E-state index contributed by atoms with van der Waals surface area (Å²) in [6.07, 6.45) is 5.74. The van der Waals surface area contributed by atoms with Gasteiger partial charge in [-0.25, -0.2) is 0 Å². The van der Waals surface area contributed by atoms with E-state index < -0.39 is 0 Å². The highest BCUT2D eigenvalue weighted by molar-refractivity contribution is 7.09. The molecule has 0 saturated carbocycles. The molecule has 0 radical (unpaired) electrons. The van der Waals surface area contributed by atoms with Gasteiger partial charge in [0.2, 0.25) is 0 Å². The minimum absolute atomic E-state index is 0.620. The molecule has 0 unspecified atom stereocenters. The Kier molecular flexibility index (Phi) is 4.76. The Morgan fingerprint density at radius 2 is 2.38 bits per heavy atom. The van der Waals surface area contributed by atoms with E-state index in [1.165, 1.54) is 35.5 Å². The predicted molar refractivity (Wildman–Crippen MR) is 88.7 cm³/mol. The third-order valence-electron chi connectivity index (χ3n) is 4.25. The fourth-order valence-corrected chi connectivity index (χ4v) is 4.08. The molecule has 2 aromatic rings. The van der Waals surface area contributed by atoms with Gasteiger partial charge in [0.15, 0.2) is 0 Å². The second-order valence-electron chi connectivity index (χ2n) is 6.56. The molecule has 0 bridgehead atoms. The minimum atomic E-state index is 0.620.